The molecule has 158 valence electrons. The number of carboxylic acid groups (broad SMARTS) is 1. The first-order chi connectivity index (χ1) is 14.3. The fourth-order valence-corrected chi connectivity index (χ4v) is 4.84. The van der Waals surface area contributed by atoms with Gasteiger partial charge in [-0.25, -0.2) is 9.59 Å². The fraction of sp³-hybridized carbons (Fsp3) is 0.474. The largest absolute Gasteiger partial charge is 0.465 e. The fourth-order valence-electron chi connectivity index (χ4n) is 4.64. The number of carbonyl (C=O) groups is 2. The van der Waals surface area contributed by atoms with Crippen LogP contribution in [0.4, 0.5) is 15.3 Å². The van der Waals surface area contributed by atoms with Crippen LogP contribution < -0.4 is 4.90 Å². The number of urea groups is 1. The third-order valence-corrected chi connectivity index (χ3v) is 6.24. The molecule has 2 saturated heterocycles. The second kappa shape index (κ2) is 6.58. The monoisotopic (exact) mass is 431 g/mol. The Labute approximate surface area is 178 Å². The second-order valence-corrected chi connectivity index (χ2v) is 8.98. The van der Waals surface area contributed by atoms with Gasteiger partial charge in [-0.05, 0) is 23.8 Å². The highest BCUT2D eigenvalue weighted by Gasteiger charge is 2.56. The molecule has 0 aliphatic carbocycles. The molecular formula is C19H22ClN7O3. The van der Waals surface area contributed by atoms with Crippen LogP contribution in [0.15, 0.2) is 40.4 Å². The maximum Gasteiger partial charge on any atom is 0.407 e. The summed E-state index contributed by atoms with van der Waals surface area (Å²) in [4.78, 5) is 32.5. The van der Waals surface area contributed by atoms with Crippen LogP contribution in [0.25, 0.3) is 0 Å². The van der Waals surface area contributed by atoms with Crippen molar-refractivity contribution >= 4 is 29.4 Å². The summed E-state index contributed by atoms with van der Waals surface area (Å²) in [6.45, 7) is 3.01. The van der Waals surface area contributed by atoms with E-state index in [1.165, 1.54) is 9.80 Å². The van der Waals surface area contributed by atoms with Gasteiger partial charge in [-0.1, -0.05) is 11.6 Å². The molecule has 1 spiro atoms. The molecule has 0 saturated carbocycles. The quantitative estimate of drug-likeness (QED) is 0.737. The summed E-state index contributed by atoms with van der Waals surface area (Å²) in [5, 5.41) is 18.6. The lowest BCUT2D eigenvalue weighted by Gasteiger charge is -2.60. The van der Waals surface area contributed by atoms with Gasteiger partial charge >= 0.3 is 12.1 Å². The summed E-state index contributed by atoms with van der Waals surface area (Å²) in [5.74, 6) is 0.595. The summed E-state index contributed by atoms with van der Waals surface area (Å²) in [6, 6.07) is 5.47. The number of carbonyl (C=O) groups excluding carboxylic acids is 1. The zero-order chi connectivity index (χ0) is 21.2. The maximum absolute atomic E-state index is 12.7. The molecule has 4 aliphatic rings. The van der Waals surface area contributed by atoms with Crippen LogP contribution in [0.5, 0.6) is 0 Å². The van der Waals surface area contributed by atoms with Crippen molar-refractivity contribution in [3.63, 3.8) is 0 Å². The second-order valence-electron chi connectivity index (χ2n) is 8.54. The average molecular weight is 432 g/mol. The van der Waals surface area contributed by atoms with Crippen LogP contribution in [0.2, 0.25) is 5.02 Å². The summed E-state index contributed by atoms with van der Waals surface area (Å²) in [6.07, 6.45) is 0.536. The molecule has 1 aromatic carbocycles. The molecule has 2 fully saturated rings. The zero-order valence-electron chi connectivity index (χ0n) is 16.7. The Balaban J connectivity index is 1.42. The Kier molecular flexibility index (Phi) is 4.19. The third-order valence-electron chi connectivity index (χ3n) is 6.01. The summed E-state index contributed by atoms with van der Waals surface area (Å²) in [5.41, 5.74) is 1.84. The highest BCUT2D eigenvalue weighted by Crippen LogP contribution is 2.45. The van der Waals surface area contributed by atoms with E-state index < -0.39 is 6.09 Å². The SMILES string of the molecule is CN(C)C(=O)N1C=C2N=NC(N3CC4(CN(C(=O)O)C4)C3)N2c2ccc(Cl)cc2C1. The van der Waals surface area contributed by atoms with E-state index in [-0.39, 0.29) is 17.7 Å². The topological polar surface area (TPSA) is 95.3 Å². The molecule has 0 radical (unpaired) electrons. The van der Waals surface area contributed by atoms with Crippen molar-refractivity contribution < 1.29 is 14.7 Å². The van der Waals surface area contributed by atoms with Gasteiger partial charge in [-0.15, -0.1) is 10.2 Å². The molecular weight excluding hydrogens is 410 g/mol. The minimum absolute atomic E-state index is 0.0159. The van der Waals surface area contributed by atoms with E-state index in [9.17, 15) is 9.59 Å². The van der Waals surface area contributed by atoms with Gasteiger partial charge in [0.25, 0.3) is 0 Å². The Morgan fingerprint density at radius 2 is 1.97 bits per heavy atom. The predicted octanol–water partition coefficient (Wildman–Crippen LogP) is 2.49. The number of halogens is 1. The molecule has 5 rings (SSSR count). The lowest BCUT2D eigenvalue weighted by atomic mass is 9.73. The van der Waals surface area contributed by atoms with Gasteiger partial charge in [0.2, 0.25) is 6.29 Å². The Hall–Kier alpha value is -2.85. The lowest BCUT2D eigenvalue weighted by molar-refractivity contribution is -0.115. The number of benzene rings is 1. The minimum Gasteiger partial charge on any atom is -0.465 e. The summed E-state index contributed by atoms with van der Waals surface area (Å²) >= 11 is 6.24. The standard InChI is InChI=1S/C19H22ClN7O3/c1-23(2)17(28)24-6-12-5-13(20)3-4-14(12)27-15(7-24)21-22-16(27)25-8-19(9-25)10-26(11-19)18(29)30/h3-5,7,16H,6,8-11H2,1-2H3,(H,29,30). The first kappa shape index (κ1) is 19.1. The molecule has 11 heteroatoms. The van der Waals surface area contributed by atoms with Gasteiger partial charge in [-0.2, -0.15) is 0 Å². The van der Waals surface area contributed by atoms with Crippen molar-refractivity contribution in [2.24, 2.45) is 15.6 Å². The van der Waals surface area contributed by atoms with E-state index in [0.29, 0.717) is 30.5 Å². The van der Waals surface area contributed by atoms with Crippen molar-refractivity contribution in [1.29, 1.82) is 0 Å². The van der Waals surface area contributed by atoms with Crippen molar-refractivity contribution in [1.82, 2.24) is 19.6 Å². The predicted molar refractivity (Wildman–Crippen MR) is 109 cm³/mol. The number of rotatable bonds is 1. The molecule has 1 atom stereocenters. The van der Waals surface area contributed by atoms with Crippen molar-refractivity contribution in [3.8, 4) is 0 Å². The third kappa shape index (κ3) is 2.90. The Morgan fingerprint density at radius 3 is 2.63 bits per heavy atom. The Bertz CT molecular complexity index is 980. The number of nitrogens with zero attached hydrogens (tertiary/aromatic N) is 7. The molecule has 1 aromatic rings. The van der Waals surface area contributed by atoms with Gasteiger partial charge in [0.1, 0.15) is 0 Å². The maximum atomic E-state index is 12.7. The van der Waals surface area contributed by atoms with Crippen LogP contribution in [0.3, 0.4) is 0 Å². The van der Waals surface area contributed by atoms with Gasteiger partial charge in [0, 0.05) is 50.7 Å². The van der Waals surface area contributed by atoms with Crippen molar-refractivity contribution in [2.75, 3.05) is 45.2 Å². The van der Waals surface area contributed by atoms with Crippen molar-refractivity contribution in [2.45, 2.75) is 12.8 Å². The van der Waals surface area contributed by atoms with Crippen LogP contribution in [0.1, 0.15) is 5.56 Å². The number of fused-ring (bicyclic) bond motifs is 3. The number of hydrogen-bond donors (Lipinski definition) is 1. The summed E-state index contributed by atoms with van der Waals surface area (Å²) < 4.78 is 0. The lowest BCUT2D eigenvalue weighted by Crippen LogP contribution is -2.74. The molecule has 10 nitrogen and oxygen atoms in total. The van der Waals surface area contributed by atoms with E-state index >= 15 is 0 Å². The normalized spacial score (nSPS) is 23.9. The molecule has 0 aromatic heterocycles. The highest BCUT2D eigenvalue weighted by atomic mass is 35.5. The first-order valence-corrected chi connectivity index (χ1v) is 10.0. The molecule has 3 amide bonds. The number of hydrogen-bond acceptors (Lipinski definition) is 6. The van der Waals surface area contributed by atoms with E-state index in [1.54, 1.807) is 25.2 Å². The molecule has 4 heterocycles. The van der Waals surface area contributed by atoms with Gasteiger partial charge in [0.05, 0.1) is 18.4 Å². The molecule has 1 unspecified atom stereocenters. The first-order valence-electron chi connectivity index (χ1n) is 9.67. The van der Waals surface area contributed by atoms with Gasteiger partial charge < -0.3 is 14.9 Å². The van der Waals surface area contributed by atoms with E-state index in [2.05, 4.69) is 15.1 Å². The summed E-state index contributed by atoms with van der Waals surface area (Å²) in [7, 11) is 3.42. The molecule has 30 heavy (non-hydrogen) atoms. The highest BCUT2D eigenvalue weighted by molar-refractivity contribution is 6.30. The van der Waals surface area contributed by atoms with Gasteiger partial charge in [-0.3, -0.25) is 14.7 Å². The smallest absolute Gasteiger partial charge is 0.407 e. The van der Waals surface area contributed by atoms with Crippen molar-refractivity contribution in [3.05, 3.63) is 40.8 Å². The van der Waals surface area contributed by atoms with Crippen LogP contribution in [-0.4, -0.2) is 83.4 Å². The van der Waals surface area contributed by atoms with E-state index in [4.69, 9.17) is 16.7 Å². The van der Waals surface area contributed by atoms with Crippen LogP contribution >= 0.6 is 11.6 Å². The molecule has 0 bridgehead atoms. The van der Waals surface area contributed by atoms with E-state index in [1.807, 2.05) is 23.1 Å². The van der Waals surface area contributed by atoms with Gasteiger partial charge in [0.15, 0.2) is 5.82 Å². The Morgan fingerprint density at radius 1 is 1.23 bits per heavy atom. The minimum atomic E-state index is -0.867. The van der Waals surface area contributed by atoms with Crippen LogP contribution in [-0.2, 0) is 6.54 Å². The zero-order valence-corrected chi connectivity index (χ0v) is 17.5. The number of likely N-dealkylation sites (tertiary alicyclic amines) is 2. The van der Waals surface area contributed by atoms with Crippen LogP contribution in [0, 0.1) is 5.41 Å². The number of amides is 3. The number of azo groups is 1. The molecule has 4 aliphatic heterocycles. The van der Waals surface area contributed by atoms with E-state index in [0.717, 1.165) is 24.3 Å². The average Bonchev–Trinajstić information content (AvgIpc) is 2.93. The molecule has 1 N–H and O–H groups in total. The number of anilines is 1.